The molecule has 3 aromatic carbocycles. The van der Waals surface area contributed by atoms with Gasteiger partial charge in [-0.2, -0.15) is 0 Å². The summed E-state index contributed by atoms with van der Waals surface area (Å²) in [5, 5.41) is 11.5. The summed E-state index contributed by atoms with van der Waals surface area (Å²) in [6.07, 6.45) is 0. The highest BCUT2D eigenvalue weighted by molar-refractivity contribution is 6.30. The maximum absolute atomic E-state index is 13.1. The predicted octanol–water partition coefficient (Wildman–Crippen LogP) is 5.71. The minimum Gasteiger partial charge on any atom is -0.503 e. The molecule has 152 valence electrons. The van der Waals surface area contributed by atoms with Crippen LogP contribution < -0.4 is 4.74 Å². The van der Waals surface area contributed by atoms with Crippen molar-refractivity contribution in [3.63, 3.8) is 0 Å². The topological polar surface area (TPSA) is 49.8 Å². The molecule has 1 aliphatic heterocycles. The van der Waals surface area contributed by atoms with E-state index in [4.69, 9.17) is 16.3 Å². The number of nitrogens with zero attached hydrogens (tertiary/aromatic N) is 1. The van der Waals surface area contributed by atoms with Crippen molar-refractivity contribution >= 4 is 23.1 Å². The zero-order chi connectivity index (χ0) is 21.3. The van der Waals surface area contributed by atoms with Crippen LogP contribution in [0.15, 0.2) is 78.6 Å². The first-order valence-corrected chi connectivity index (χ1v) is 10.1. The summed E-state index contributed by atoms with van der Waals surface area (Å²) < 4.78 is 5.24. The van der Waals surface area contributed by atoms with Crippen LogP contribution in [0.5, 0.6) is 5.75 Å². The lowest BCUT2D eigenvalue weighted by Crippen LogP contribution is -2.29. The number of aliphatic hydroxyl groups is 1. The minimum atomic E-state index is -0.426. The molecule has 0 spiro atoms. The molecule has 4 rings (SSSR count). The molecule has 0 aromatic heterocycles. The second kappa shape index (κ2) is 8.25. The van der Waals surface area contributed by atoms with E-state index >= 15 is 0 Å². The van der Waals surface area contributed by atoms with Gasteiger partial charge >= 0.3 is 0 Å². The van der Waals surface area contributed by atoms with Gasteiger partial charge in [0.2, 0.25) is 0 Å². The highest BCUT2D eigenvalue weighted by Crippen LogP contribution is 2.44. The monoisotopic (exact) mass is 419 g/mol. The largest absolute Gasteiger partial charge is 0.503 e. The van der Waals surface area contributed by atoms with Crippen molar-refractivity contribution in [1.29, 1.82) is 0 Å². The van der Waals surface area contributed by atoms with Gasteiger partial charge in [0.05, 0.1) is 13.2 Å². The number of ether oxygens (including phenoxy) is 1. The quantitative estimate of drug-likeness (QED) is 0.576. The molecule has 1 atom stereocenters. The first kappa shape index (κ1) is 20.0. The summed E-state index contributed by atoms with van der Waals surface area (Å²) in [7, 11) is 1.60. The number of hydrogen-bond acceptors (Lipinski definition) is 3. The summed E-state index contributed by atoms with van der Waals surface area (Å²) in [4.78, 5) is 14.8. The lowest BCUT2D eigenvalue weighted by Gasteiger charge is -2.27. The van der Waals surface area contributed by atoms with E-state index in [1.807, 2.05) is 67.6 Å². The fourth-order valence-corrected chi connectivity index (χ4v) is 3.89. The number of aryl methyl sites for hydroxylation is 1. The van der Waals surface area contributed by atoms with Crippen LogP contribution in [-0.4, -0.2) is 23.0 Å². The van der Waals surface area contributed by atoms with Gasteiger partial charge in [-0.05, 0) is 47.9 Å². The van der Waals surface area contributed by atoms with Gasteiger partial charge < -0.3 is 14.7 Å². The molecule has 30 heavy (non-hydrogen) atoms. The van der Waals surface area contributed by atoms with E-state index < -0.39 is 6.04 Å². The number of benzene rings is 3. The zero-order valence-electron chi connectivity index (χ0n) is 16.8. The van der Waals surface area contributed by atoms with Crippen LogP contribution in [0.1, 0.15) is 28.3 Å². The Morgan fingerprint density at radius 1 is 0.967 bits per heavy atom. The minimum absolute atomic E-state index is 0.229. The highest BCUT2D eigenvalue weighted by Gasteiger charge is 2.40. The third kappa shape index (κ3) is 3.79. The van der Waals surface area contributed by atoms with Gasteiger partial charge in [-0.25, -0.2) is 0 Å². The molecule has 0 saturated heterocycles. The molecular formula is C25H22ClNO3. The third-order valence-electron chi connectivity index (χ3n) is 5.36. The van der Waals surface area contributed by atoms with E-state index in [9.17, 15) is 9.90 Å². The van der Waals surface area contributed by atoms with Gasteiger partial charge in [0.15, 0.2) is 5.76 Å². The Morgan fingerprint density at radius 2 is 1.60 bits per heavy atom. The standard InChI is InChI=1S/C25H22ClNO3/c1-16-3-5-17(6-4-16)15-27-23(19-7-11-20(26)12-8-19)22(24(28)25(27)29)18-9-13-21(30-2)14-10-18/h3-14,23,28H,15H2,1-2H3/t23-/m0/s1. The molecule has 1 amide bonds. The van der Waals surface area contributed by atoms with E-state index in [-0.39, 0.29) is 11.7 Å². The Hall–Kier alpha value is -3.24. The molecule has 3 aromatic rings. The number of hydrogen-bond donors (Lipinski definition) is 1. The molecular weight excluding hydrogens is 398 g/mol. The van der Waals surface area contributed by atoms with Crippen LogP contribution >= 0.6 is 11.6 Å². The Balaban J connectivity index is 1.79. The molecule has 1 aliphatic rings. The molecule has 0 fully saturated rings. The molecule has 1 heterocycles. The van der Waals surface area contributed by atoms with Crippen molar-refractivity contribution in [3.8, 4) is 5.75 Å². The summed E-state index contributed by atoms with van der Waals surface area (Å²) in [5.74, 6) is 0.0938. The molecule has 4 nitrogen and oxygen atoms in total. The van der Waals surface area contributed by atoms with E-state index in [1.54, 1.807) is 24.1 Å². The fourth-order valence-electron chi connectivity index (χ4n) is 3.76. The van der Waals surface area contributed by atoms with Gasteiger partial charge in [-0.3, -0.25) is 4.79 Å². The zero-order valence-corrected chi connectivity index (χ0v) is 17.6. The fraction of sp³-hybridized carbons (Fsp3) is 0.160. The number of amides is 1. The molecule has 0 unspecified atom stereocenters. The van der Waals surface area contributed by atoms with Gasteiger partial charge in [-0.15, -0.1) is 0 Å². The van der Waals surface area contributed by atoms with E-state index in [0.717, 1.165) is 22.3 Å². The second-order valence-electron chi connectivity index (χ2n) is 7.36. The number of aliphatic hydroxyl groups excluding tert-OH is 1. The lowest BCUT2D eigenvalue weighted by atomic mass is 9.93. The van der Waals surface area contributed by atoms with Crippen molar-refractivity contribution in [2.24, 2.45) is 0 Å². The van der Waals surface area contributed by atoms with Crippen molar-refractivity contribution in [2.45, 2.75) is 19.5 Å². The summed E-state index contributed by atoms with van der Waals surface area (Å²) in [6.45, 7) is 2.41. The van der Waals surface area contributed by atoms with Crippen molar-refractivity contribution < 1.29 is 14.6 Å². The maximum atomic E-state index is 13.1. The number of rotatable bonds is 5. The van der Waals surface area contributed by atoms with Gasteiger partial charge in [0, 0.05) is 17.1 Å². The van der Waals surface area contributed by atoms with Crippen molar-refractivity contribution in [3.05, 3.63) is 106 Å². The maximum Gasteiger partial charge on any atom is 0.290 e. The first-order valence-electron chi connectivity index (χ1n) is 9.67. The SMILES string of the molecule is COc1ccc(C2=C(O)C(=O)N(Cc3ccc(C)cc3)[C@H]2c2ccc(Cl)cc2)cc1. The van der Waals surface area contributed by atoms with Crippen LogP contribution in [0.25, 0.3) is 5.57 Å². The number of methoxy groups -OCH3 is 1. The second-order valence-corrected chi connectivity index (χ2v) is 7.80. The molecule has 0 bridgehead atoms. The van der Waals surface area contributed by atoms with Crippen LogP contribution in [0, 0.1) is 6.92 Å². The lowest BCUT2D eigenvalue weighted by molar-refractivity contribution is -0.130. The first-order chi connectivity index (χ1) is 14.5. The number of carbonyl (C=O) groups excluding carboxylic acids is 1. The van der Waals surface area contributed by atoms with Crippen LogP contribution in [0.4, 0.5) is 0 Å². The Kier molecular flexibility index (Phi) is 5.51. The predicted molar refractivity (Wildman–Crippen MR) is 118 cm³/mol. The summed E-state index contributed by atoms with van der Waals surface area (Å²) in [5.41, 5.74) is 4.39. The van der Waals surface area contributed by atoms with E-state index in [1.165, 1.54) is 0 Å². The van der Waals surface area contributed by atoms with Gasteiger partial charge in [0.25, 0.3) is 5.91 Å². The molecule has 5 heteroatoms. The Labute approximate surface area is 181 Å². The van der Waals surface area contributed by atoms with Gasteiger partial charge in [0.1, 0.15) is 5.75 Å². The van der Waals surface area contributed by atoms with Crippen LogP contribution in [0.3, 0.4) is 0 Å². The number of halogens is 1. The van der Waals surface area contributed by atoms with Crippen LogP contribution in [-0.2, 0) is 11.3 Å². The average Bonchev–Trinajstić information content (AvgIpc) is 3.01. The van der Waals surface area contributed by atoms with Gasteiger partial charge in [-0.1, -0.05) is 65.7 Å². The Bertz CT molecular complexity index is 1090. The van der Waals surface area contributed by atoms with E-state index in [2.05, 4.69) is 0 Å². The smallest absolute Gasteiger partial charge is 0.290 e. The van der Waals surface area contributed by atoms with E-state index in [0.29, 0.717) is 22.9 Å². The third-order valence-corrected chi connectivity index (χ3v) is 5.62. The molecule has 1 N–H and O–H groups in total. The summed E-state index contributed by atoms with van der Waals surface area (Å²) >= 11 is 6.09. The highest BCUT2D eigenvalue weighted by atomic mass is 35.5. The average molecular weight is 420 g/mol. The normalized spacial score (nSPS) is 16.3. The summed E-state index contributed by atoms with van der Waals surface area (Å²) in [6, 6.07) is 22.4. The van der Waals surface area contributed by atoms with Crippen LogP contribution in [0.2, 0.25) is 5.02 Å². The molecule has 0 saturated carbocycles. The number of carbonyl (C=O) groups is 1. The van der Waals surface area contributed by atoms with Crippen molar-refractivity contribution in [2.75, 3.05) is 7.11 Å². The Morgan fingerprint density at radius 3 is 2.20 bits per heavy atom. The van der Waals surface area contributed by atoms with Crippen molar-refractivity contribution in [1.82, 2.24) is 4.90 Å². The molecule has 0 aliphatic carbocycles. The molecule has 0 radical (unpaired) electrons.